The van der Waals surface area contributed by atoms with Crippen LogP contribution in [-0.2, 0) is 19.2 Å². The highest BCUT2D eigenvalue weighted by Crippen LogP contribution is 2.05. The van der Waals surface area contributed by atoms with Crippen molar-refractivity contribution in [1.29, 1.82) is 0 Å². The van der Waals surface area contributed by atoms with Gasteiger partial charge in [0.25, 0.3) is 0 Å². The van der Waals surface area contributed by atoms with Gasteiger partial charge in [0.15, 0.2) is 0 Å². The summed E-state index contributed by atoms with van der Waals surface area (Å²) in [6.45, 7) is 5.10. The monoisotopic (exact) mass is 284 g/mol. The number of rotatable bonds is 10. The summed E-state index contributed by atoms with van der Waals surface area (Å²) >= 11 is 0. The number of ketones is 1. The molecule has 2 amide bonds. The minimum Gasteiger partial charge on any atom is -0.348 e. The van der Waals surface area contributed by atoms with Crippen LogP contribution in [0.2, 0.25) is 0 Å². The van der Waals surface area contributed by atoms with Crippen molar-refractivity contribution in [3.63, 3.8) is 0 Å². The Morgan fingerprint density at radius 3 is 2.20 bits per heavy atom. The van der Waals surface area contributed by atoms with E-state index in [1.165, 1.54) is 6.92 Å². The summed E-state index contributed by atoms with van der Waals surface area (Å²) in [5.41, 5.74) is 0. The third kappa shape index (κ3) is 8.39. The summed E-state index contributed by atoms with van der Waals surface area (Å²) < 4.78 is 0. The lowest BCUT2D eigenvalue weighted by Crippen LogP contribution is -2.50. The molecule has 0 aliphatic rings. The standard InChI is InChI=1S/C14H24N2O4/c1-10(2)13(14(20)15-8-9-17)16-12(19)7-5-4-6-11(3)18/h9-10,13H,4-8H2,1-3H3,(H,15,20)(H,16,19). The lowest BCUT2D eigenvalue weighted by Gasteiger charge is -2.21. The number of hydrogen-bond acceptors (Lipinski definition) is 4. The van der Waals surface area contributed by atoms with Crippen molar-refractivity contribution in [2.24, 2.45) is 5.92 Å². The fourth-order valence-electron chi connectivity index (χ4n) is 1.69. The van der Waals surface area contributed by atoms with E-state index in [2.05, 4.69) is 10.6 Å². The minimum atomic E-state index is -0.643. The van der Waals surface area contributed by atoms with E-state index in [0.29, 0.717) is 25.5 Å². The van der Waals surface area contributed by atoms with Crippen molar-refractivity contribution in [2.45, 2.75) is 52.5 Å². The molecule has 114 valence electrons. The SMILES string of the molecule is CC(=O)CCCCC(=O)NC(C(=O)NCC=O)C(C)C. The Morgan fingerprint density at radius 1 is 1.10 bits per heavy atom. The Kier molecular flexibility index (Phi) is 9.24. The summed E-state index contributed by atoms with van der Waals surface area (Å²) in [5.74, 6) is -0.529. The maximum Gasteiger partial charge on any atom is 0.243 e. The van der Waals surface area contributed by atoms with E-state index in [9.17, 15) is 19.2 Å². The first-order valence-corrected chi connectivity index (χ1v) is 6.88. The van der Waals surface area contributed by atoms with Gasteiger partial charge in [0, 0.05) is 12.8 Å². The van der Waals surface area contributed by atoms with Crippen LogP contribution in [0.5, 0.6) is 0 Å². The van der Waals surface area contributed by atoms with Gasteiger partial charge in [0.05, 0.1) is 6.54 Å². The van der Waals surface area contributed by atoms with Gasteiger partial charge in [-0.3, -0.25) is 9.59 Å². The third-order valence-corrected chi connectivity index (χ3v) is 2.81. The number of unbranched alkanes of at least 4 members (excludes halogenated alkanes) is 1. The van der Waals surface area contributed by atoms with Crippen LogP contribution in [0.15, 0.2) is 0 Å². The maximum absolute atomic E-state index is 11.8. The Labute approximate surface area is 119 Å². The summed E-state index contributed by atoms with van der Waals surface area (Å²) in [6, 6.07) is -0.643. The molecule has 20 heavy (non-hydrogen) atoms. The van der Waals surface area contributed by atoms with Crippen molar-refractivity contribution >= 4 is 23.9 Å². The summed E-state index contributed by atoms with van der Waals surface area (Å²) in [5, 5.41) is 5.10. The molecule has 0 aromatic heterocycles. The molecule has 2 N–H and O–H groups in total. The van der Waals surface area contributed by atoms with Gasteiger partial charge in [0.2, 0.25) is 11.8 Å². The van der Waals surface area contributed by atoms with Gasteiger partial charge in [-0.2, -0.15) is 0 Å². The van der Waals surface area contributed by atoms with Crippen LogP contribution < -0.4 is 10.6 Å². The molecule has 0 saturated carbocycles. The molecule has 0 bridgehead atoms. The highest BCUT2D eigenvalue weighted by Gasteiger charge is 2.23. The van der Waals surface area contributed by atoms with E-state index in [-0.39, 0.29) is 36.5 Å². The lowest BCUT2D eigenvalue weighted by atomic mass is 10.0. The van der Waals surface area contributed by atoms with Crippen LogP contribution in [0.1, 0.15) is 46.5 Å². The van der Waals surface area contributed by atoms with E-state index in [1.54, 1.807) is 0 Å². The fraction of sp³-hybridized carbons (Fsp3) is 0.714. The highest BCUT2D eigenvalue weighted by atomic mass is 16.2. The molecule has 0 aromatic rings. The number of carbonyl (C=O) groups is 4. The predicted molar refractivity (Wildman–Crippen MR) is 75.0 cm³/mol. The summed E-state index contributed by atoms with van der Waals surface area (Å²) in [6.07, 6.45) is 2.65. The normalized spacial score (nSPS) is 11.8. The second-order valence-electron chi connectivity index (χ2n) is 5.11. The number of Topliss-reactive ketones (excluding diaryl/α,β-unsaturated/α-hetero) is 1. The molecule has 0 heterocycles. The lowest BCUT2D eigenvalue weighted by molar-refractivity contribution is -0.130. The molecule has 0 radical (unpaired) electrons. The largest absolute Gasteiger partial charge is 0.348 e. The van der Waals surface area contributed by atoms with Gasteiger partial charge in [-0.25, -0.2) is 0 Å². The minimum absolute atomic E-state index is 0.0590. The average molecular weight is 284 g/mol. The quantitative estimate of drug-likeness (QED) is 0.453. The Morgan fingerprint density at radius 2 is 1.70 bits per heavy atom. The molecule has 0 fully saturated rings. The number of nitrogens with one attached hydrogen (secondary N) is 2. The van der Waals surface area contributed by atoms with Crippen LogP contribution >= 0.6 is 0 Å². The highest BCUT2D eigenvalue weighted by molar-refractivity contribution is 5.88. The average Bonchev–Trinajstić information content (AvgIpc) is 2.37. The molecule has 6 heteroatoms. The van der Waals surface area contributed by atoms with Crippen LogP contribution in [-0.4, -0.2) is 36.5 Å². The molecule has 6 nitrogen and oxygen atoms in total. The Balaban J connectivity index is 4.17. The number of carbonyl (C=O) groups excluding carboxylic acids is 4. The smallest absolute Gasteiger partial charge is 0.243 e. The Hall–Kier alpha value is -1.72. The van der Waals surface area contributed by atoms with Crippen molar-refractivity contribution < 1.29 is 19.2 Å². The first-order valence-electron chi connectivity index (χ1n) is 6.88. The molecule has 1 unspecified atom stereocenters. The maximum atomic E-state index is 11.8. The van der Waals surface area contributed by atoms with Gasteiger partial charge in [-0.1, -0.05) is 13.8 Å². The van der Waals surface area contributed by atoms with Crippen LogP contribution in [0.4, 0.5) is 0 Å². The second-order valence-corrected chi connectivity index (χ2v) is 5.11. The molecule has 0 aliphatic heterocycles. The van der Waals surface area contributed by atoms with Gasteiger partial charge in [-0.15, -0.1) is 0 Å². The summed E-state index contributed by atoms with van der Waals surface area (Å²) in [7, 11) is 0. The zero-order valence-corrected chi connectivity index (χ0v) is 12.4. The molecule has 0 aromatic carbocycles. The molecular formula is C14H24N2O4. The van der Waals surface area contributed by atoms with E-state index in [0.717, 1.165) is 0 Å². The predicted octanol–water partition coefficient (Wildman–Crippen LogP) is 0.592. The van der Waals surface area contributed by atoms with Crippen LogP contribution in [0.25, 0.3) is 0 Å². The molecule has 0 saturated heterocycles. The number of hydrogen-bond donors (Lipinski definition) is 2. The fourth-order valence-corrected chi connectivity index (χ4v) is 1.69. The van der Waals surface area contributed by atoms with E-state index < -0.39 is 6.04 Å². The topological polar surface area (TPSA) is 92.3 Å². The van der Waals surface area contributed by atoms with Crippen molar-refractivity contribution in [1.82, 2.24) is 10.6 Å². The van der Waals surface area contributed by atoms with Gasteiger partial charge in [0.1, 0.15) is 18.1 Å². The van der Waals surface area contributed by atoms with Crippen LogP contribution in [0, 0.1) is 5.92 Å². The zero-order valence-electron chi connectivity index (χ0n) is 12.4. The first kappa shape index (κ1) is 18.3. The summed E-state index contributed by atoms with van der Waals surface area (Å²) in [4.78, 5) is 44.5. The molecule has 1 atom stereocenters. The number of aldehydes is 1. The molecule has 0 aliphatic carbocycles. The third-order valence-electron chi connectivity index (χ3n) is 2.81. The number of amides is 2. The molecular weight excluding hydrogens is 260 g/mol. The van der Waals surface area contributed by atoms with E-state index >= 15 is 0 Å². The Bertz CT molecular complexity index is 353. The van der Waals surface area contributed by atoms with Crippen molar-refractivity contribution in [3.8, 4) is 0 Å². The van der Waals surface area contributed by atoms with Crippen LogP contribution in [0.3, 0.4) is 0 Å². The zero-order chi connectivity index (χ0) is 15.5. The van der Waals surface area contributed by atoms with E-state index in [4.69, 9.17) is 0 Å². The van der Waals surface area contributed by atoms with E-state index in [1.807, 2.05) is 13.8 Å². The molecule has 0 spiro atoms. The van der Waals surface area contributed by atoms with Crippen molar-refractivity contribution in [2.75, 3.05) is 6.54 Å². The van der Waals surface area contributed by atoms with Gasteiger partial charge < -0.3 is 20.2 Å². The van der Waals surface area contributed by atoms with Crippen molar-refractivity contribution in [3.05, 3.63) is 0 Å². The second kappa shape index (κ2) is 10.1. The van der Waals surface area contributed by atoms with Gasteiger partial charge in [-0.05, 0) is 25.7 Å². The van der Waals surface area contributed by atoms with Gasteiger partial charge >= 0.3 is 0 Å². The first-order chi connectivity index (χ1) is 9.38. The molecule has 0 rings (SSSR count).